The lowest BCUT2D eigenvalue weighted by Crippen LogP contribution is -2.41. The van der Waals surface area contributed by atoms with Crippen LogP contribution in [0.4, 0.5) is 5.69 Å². The molecule has 4 nitrogen and oxygen atoms in total. The van der Waals surface area contributed by atoms with Crippen LogP contribution in [0, 0.1) is 24.2 Å². The predicted molar refractivity (Wildman–Crippen MR) is 83.7 cm³/mol. The number of carbonyl (C=O) groups excluding carboxylic acids is 1. The molecule has 2 rings (SSSR count). The van der Waals surface area contributed by atoms with Crippen molar-refractivity contribution in [2.45, 2.75) is 45.1 Å². The van der Waals surface area contributed by atoms with Crippen molar-refractivity contribution >= 4 is 12.0 Å². The number of hydrogen-bond donors (Lipinski definition) is 1. The number of nitriles is 1. The summed E-state index contributed by atoms with van der Waals surface area (Å²) in [6.07, 6.45) is 6.52. The van der Waals surface area contributed by atoms with Gasteiger partial charge in [0, 0.05) is 25.2 Å². The fraction of sp³-hybridized carbons (Fsp3) is 0.529. The maximum Gasteiger partial charge on any atom is 0.121 e. The van der Waals surface area contributed by atoms with Gasteiger partial charge in [0.05, 0.1) is 11.6 Å². The first kappa shape index (κ1) is 15.5. The van der Waals surface area contributed by atoms with E-state index in [1.807, 2.05) is 32.2 Å². The monoisotopic (exact) mass is 285 g/mol. The Morgan fingerprint density at radius 2 is 2.19 bits per heavy atom. The molecule has 0 saturated heterocycles. The highest BCUT2D eigenvalue weighted by Crippen LogP contribution is 2.31. The van der Waals surface area contributed by atoms with Gasteiger partial charge in [-0.05, 0) is 49.4 Å². The topological polar surface area (TPSA) is 56.1 Å². The quantitative estimate of drug-likeness (QED) is 0.644. The number of carbonyl (C=O) groups is 1. The van der Waals surface area contributed by atoms with Gasteiger partial charge < -0.3 is 10.2 Å². The standard InChI is InChI=1S/C17H23N3O/c1-13-11-16(8-7-15(13)12-18)19-20(2)17(9-10-21)14-5-3-4-6-14/h7-8,10-11,14,17,19H,3-6,9H2,1-2H3. The Morgan fingerprint density at radius 3 is 2.76 bits per heavy atom. The van der Waals surface area contributed by atoms with Gasteiger partial charge in [0.25, 0.3) is 0 Å². The lowest BCUT2D eigenvalue weighted by Gasteiger charge is -2.32. The second-order valence-corrected chi connectivity index (χ2v) is 5.88. The van der Waals surface area contributed by atoms with E-state index in [0.29, 0.717) is 17.9 Å². The third kappa shape index (κ3) is 3.83. The van der Waals surface area contributed by atoms with Crippen LogP contribution in [0.25, 0.3) is 0 Å². The van der Waals surface area contributed by atoms with E-state index in [1.165, 1.54) is 25.7 Å². The van der Waals surface area contributed by atoms with E-state index >= 15 is 0 Å². The van der Waals surface area contributed by atoms with Crippen LogP contribution in [0.2, 0.25) is 0 Å². The van der Waals surface area contributed by atoms with Crippen LogP contribution < -0.4 is 5.43 Å². The fourth-order valence-electron chi connectivity index (χ4n) is 3.25. The zero-order valence-corrected chi connectivity index (χ0v) is 12.8. The molecule has 1 atom stereocenters. The van der Waals surface area contributed by atoms with E-state index in [9.17, 15) is 4.79 Å². The summed E-state index contributed by atoms with van der Waals surface area (Å²) >= 11 is 0. The minimum absolute atomic E-state index is 0.237. The summed E-state index contributed by atoms with van der Waals surface area (Å²) in [6.45, 7) is 1.93. The molecule has 1 aliphatic rings. The van der Waals surface area contributed by atoms with E-state index < -0.39 is 0 Å². The molecular formula is C17H23N3O. The van der Waals surface area contributed by atoms with E-state index in [4.69, 9.17) is 5.26 Å². The van der Waals surface area contributed by atoms with E-state index in [-0.39, 0.29) is 6.04 Å². The molecule has 0 aromatic heterocycles. The molecule has 1 saturated carbocycles. The lowest BCUT2D eigenvalue weighted by atomic mass is 9.95. The molecule has 4 heteroatoms. The average Bonchev–Trinajstić information content (AvgIpc) is 2.98. The number of rotatable bonds is 6. The van der Waals surface area contributed by atoms with Crippen molar-refractivity contribution in [2.75, 3.05) is 12.5 Å². The minimum atomic E-state index is 0.237. The van der Waals surface area contributed by atoms with Crippen LogP contribution in [-0.4, -0.2) is 24.4 Å². The fourth-order valence-corrected chi connectivity index (χ4v) is 3.25. The molecule has 0 spiro atoms. The van der Waals surface area contributed by atoms with Crippen LogP contribution in [-0.2, 0) is 4.79 Å². The zero-order chi connectivity index (χ0) is 15.2. The summed E-state index contributed by atoms with van der Waals surface area (Å²) in [5, 5.41) is 11.0. The second-order valence-electron chi connectivity index (χ2n) is 5.88. The maximum atomic E-state index is 11.0. The molecule has 1 aromatic rings. The SMILES string of the molecule is Cc1cc(NN(C)C(CC=O)C2CCCC2)ccc1C#N. The number of hydrogen-bond acceptors (Lipinski definition) is 4. The van der Waals surface area contributed by atoms with Crippen molar-refractivity contribution in [3.05, 3.63) is 29.3 Å². The van der Waals surface area contributed by atoms with Crippen molar-refractivity contribution in [1.29, 1.82) is 5.26 Å². The number of aryl methyl sites for hydroxylation is 1. The van der Waals surface area contributed by atoms with E-state index in [1.54, 1.807) is 0 Å². The molecule has 1 unspecified atom stereocenters. The summed E-state index contributed by atoms with van der Waals surface area (Å²) in [4.78, 5) is 11.0. The minimum Gasteiger partial charge on any atom is -0.319 e. The maximum absolute atomic E-state index is 11.0. The molecule has 1 aliphatic carbocycles. The first-order valence-electron chi connectivity index (χ1n) is 7.59. The number of hydrazine groups is 1. The largest absolute Gasteiger partial charge is 0.319 e. The van der Waals surface area contributed by atoms with Crippen LogP contribution in [0.5, 0.6) is 0 Å². The summed E-state index contributed by atoms with van der Waals surface area (Å²) < 4.78 is 0. The van der Waals surface area contributed by atoms with Crippen molar-refractivity contribution in [1.82, 2.24) is 5.01 Å². The number of aldehydes is 1. The molecule has 0 amide bonds. The summed E-state index contributed by atoms with van der Waals surface area (Å²) in [5.41, 5.74) is 5.98. The highest BCUT2D eigenvalue weighted by atomic mass is 16.1. The lowest BCUT2D eigenvalue weighted by molar-refractivity contribution is -0.109. The molecule has 1 fully saturated rings. The van der Waals surface area contributed by atoms with Gasteiger partial charge in [-0.25, -0.2) is 5.01 Å². The highest BCUT2D eigenvalue weighted by molar-refractivity contribution is 5.52. The van der Waals surface area contributed by atoms with Gasteiger partial charge in [-0.2, -0.15) is 5.26 Å². The van der Waals surface area contributed by atoms with Crippen LogP contribution in [0.1, 0.15) is 43.2 Å². The van der Waals surface area contributed by atoms with Crippen molar-refractivity contribution in [3.8, 4) is 6.07 Å². The molecule has 1 aromatic carbocycles. The molecule has 0 heterocycles. The van der Waals surface area contributed by atoms with Crippen LogP contribution in [0.3, 0.4) is 0 Å². The number of anilines is 1. The normalized spacial score (nSPS) is 16.7. The number of benzene rings is 1. The third-order valence-corrected chi connectivity index (χ3v) is 4.43. The average molecular weight is 285 g/mol. The molecular weight excluding hydrogens is 262 g/mol. The first-order valence-corrected chi connectivity index (χ1v) is 7.59. The molecule has 0 bridgehead atoms. The van der Waals surface area contributed by atoms with E-state index in [0.717, 1.165) is 17.5 Å². The van der Waals surface area contributed by atoms with Gasteiger partial charge in [-0.1, -0.05) is 12.8 Å². The molecule has 0 aliphatic heterocycles. The molecule has 112 valence electrons. The third-order valence-electron chi connectivity index (χ3n) is 4.43. The van der Waals surface area contributed by atoms with Gasteiger partial charge >= 0.3 is 0 Å². The van der Waals surface area contributed by atoms with Crippen LogP contribution in [0.15, 0.2) is 18.2 Å². The Labute approximate surface area is 126 Å². The summed E-state index contributed by atoms with van der Waals surface area (Å²) in [7, 11) is 2.00. The van der Waals surface area contributed by atoms with Gasteiger partial charge in [0.1, 0.15) is 6.29 Å². The Bertz CT molecular complexity index is 529. The van der Waals surface area contributed by atoms with Crippen molar-refractivity contribution in [3.63, 3.8) is 0 Å². The molecule has 0 radical (unpaired) electrons. The Balaban J connectivity index is 2.07. The Morgan fingerprint density at radius 1 is 1.48 bits per heavy atom. The summed E-state index contributed by atoms with van der Waals surface area (Å²) in [5.74, 6) is 0.590. The molecule has 21 heavy (non-hydrogen) atoms. The Kier molecular flexibility index (Phi) is 5.35. The van der Waals surface area contributed by atoms with Gasteiger partial charge in [-0.3, -0.25) is 0 Å². The van der Waals surface area contributed by atoms with E-state index in [2.05, 4.69) is 16.5 Å². The molecule has 1 N–H and O–H groups in total. The number of nitrogens with one attached hydrogen (secondary N) is 1. The smallest absolute Gasteiger partial charge is 0.121 e. The number of nitrogens with zero attached hydrogens (tertiary/aromatic N) is 2. The Hall–Kier alpha value is -1.86. The second kappa shape index (κ2) is 7.24. The van der Waals surface area contributed by atoms with Gasteiger partial charge in [0.15, 0.2) is 0 Å². The van der Waals surface area contributed by atoms with Crippen LogP contribution >= 0.6 is 0 Å². The highest BCUT2D eigenvalue weighted by Gasteiger charge is 2.28. The van der Waals surface area contributed by atoms with Gasteiger partial charge in [-0.15, -0.1) is 0 Å². The summed E-state index contributed by atoms with van der Waals surface area (Å²) in [6, 6.07) is 8.13. The predicted octanol–water partition coefficient (Wildman–Crippen LogP) is 3.27. The zero-order valence-electron chi connectivity index (χ0n) is 12.8. The van der Waals surface area contributed by atoms with Crippen molar-refractivity contribution in [2.24, 2.45) is 5.92 Å². The van der Waals surface area contributed by atoms with Gasteiger partial charge in [0.2, 0.25) is 0 Å². The first-order chi connectivity index (χ1) is 10.2. The van der Waals surface area contributed by atoms with Crippen molar-refractivity contribution < 1.29 is 4.79 Å².